The second kappa shape index (κ2) is 14.9. The van der Waals surface area contributed by atoms with Crippen molar-refractivity contribution in [1.82, 2.24) is 9.97 Å². The van der Waals surface area contributed by atoms with Gasteiger partial charge in [-0.05, 0) is 109 Å². The monoisotopic (exact) mass is 778 g/mol. The molecular formula is C46H46N6O6. The summed E-state index contributed by atoms with van der Waals surface area (Å²) < 4.78 is 21.7. The Kier molecular flexibility index (Phi) is 9.57. The van der Waals surface area contributed by atoms with Crippen LogP contribution in [0.2, 0.25) is 0 Å². The predicted molar refractivity (Wildman–Crippen MR) is 224 cm³/mol. The van der Waals surface area contributed by atoms with Gasteiger partial charge in [-0.3, -0.25) is 29.4 Å². The molecular weight excluding hydrogens is 733 g/mol. The molecule has 6 heterocycles. The van der Waals surface area contributed by atoms with Crippen LogP contribution in [0.1, 0.15) is 46.2 Å². The zero-order valence-electron chi connectivity index (χ0n) is 33.3. The summed E-state index contributed by atoms with van der Waals surface area (Å²) in [5.74, 6) is 4.33. The molecule has 58 heavy (non-hydrogen) atoms. The highest BCUT2D eigenvalue weighted by atomic mass is 16.5. The second-order valence-corrected chi connectivity index (χ2v) is 15.7. The average Bonchev–Trinajstić information content (AvgIpc) is 4.13. The van der Waals surface area contributed by atoms with Crippen molar-refractivity contribution < 1.29 is 28.5 Å². The minimum atomic E-state index is -0.372. The van der Waals surface area contributed by atoms with Crippen LogP contribution >= 0.6 is 0 Å². The van der Waals surface area contributed by atoms with Crippen molar-refractivity contribution in [2.24, 2.45) is 20.8 Å². The van der Waals surface area contributed by atoms with E-state index in [1.807, 2.05) is 70.8 Å². The maximum Gasteiger partial charge on any atom is 0.235 e. The van der Waals surface area contributed by atoms with E-state index in [-0.39, 0.29) is 22.6 Å². The number of amides is 2. The maximum absolute atomic E-state index is 13.5. The molecule has 4 aliphatic heterocycles. The minimum Gasteiger partial charge on any atom is -0.497 e. The van der Waals surface area contributed by atoms with Gasteiger partial charge < -0.3 is 18.9 Å². The molecule has 4 aromatic rings. The van der Waals surface area contributed by atoms with Gasteiger partial charge in [-0.2, -0.15) is 9.97 Å². The van der Waals surface area contributed by atoms with E-state index in [1.165, 1.54) is 22.3 Å². The zero-order valence-corrected chi connectivity index (χ0v) is 33.3. The van der Waals surface area contributed by atoms with Gasteiger partial charge >= 0.3 is 0 Å². The molecule has 2 aromatic heterocycles. The zero-order chi connectivity index (χ0) is 40.0. The molecule has 2 aliphatic carbocycles. The molecule has 296 valence electrons. The maximum atomic E-state index is 13.5. The van der Waals surface area contributed by atoms with Gasteiger partial charge in [0.2, 0.25) is 23.6 Å². The Bertz CT molecular complexity index is 2290. The van der Waals surface area contributed by atoms with Crippen LogP contribution in [0.3, 0.4) is 0 Å². The van der Waals surface area contributed by atoms with Gasteiger partial charge in [0, 0.05) is 47.8 Å². The Morgan fingerprint density at radius 2 is 0.966 bits per heavy atom. The third kappa shape index (κ3) is 6.40. The third-order valence-corrected chi connectivity index (χ3v) is 12.5. The van der Waals surface area contributed by atoms with Gasteiger partial charge in [-0.1, -0.05) is 24.3 Å². The fourth-order valence-electron chi connectivity index (χ4n) is 9.43. The van der Waals surface area contributed by atoms with Gasteiger partial charge in [0.25, 0.3) is 0 Å². The average molecular weight is 779 g/mol. The van der Waals surface area contributed by atoms with Crippen molar-refractivity contribution in [3.8, 4) is 23.3 Å². The fourth-order valence-corrected chi connectivity index (χ4v) is 9.43. The van der Waals surface area contributed by atoms with E-state index in [0.29, 0.717) is 49.6 Å². The van der Waals surface area contributed by atoms with Crippen molar-refractivity contribution in [2.45, 2.75) is 38.5 Å². The molecule has 0 bridgehead atoms. The number of benzene rings is 2. The summed E-state index contributed by atoms with van der Waals surface area (Å²) in [6.07, 6.45) is 12.5. The Labute approximate surface area is 337 Å². The van der Waals surface area contributed by atoms with Crippen LogP contribution in [-0.2, 0) is 35.3 Å². The lowest BCUT2D eigenvalue weighted by Gasteiger charge is -2.22. The number of rotatable bonds is 8. The van der Waals surface area contributed by atoms with Crippen LogP contribution in [0.25, 0.3) is 11.1 Å². The Hall–Kier alpha value is -6.30. The number of hydrogen-bond acceptors (Lipinski definition) is 10. The van der Waals surface area contributed by atoms with Crippen LogP contribution in [0.5, 0.6) is 23.3 Å². The highest BCUT2D eigenvalue weighted by molar-refractivity contribution is 6.13. The number of methoxy groups -OCH3 is 4. The van der Waals surface area contributed by atoms with Gasteiger partial charge in [0.05, 0.1) is 52.4 Å². The van der Waals surface area contributed by atoms with Crippen LogP contribution in [-0.4, -0.2) is 88.8 Å². The van der Waals surface area contributed by atoms with E-state index in [4.69, 9.17) is 18.9 Å². The Morgan fingerprint density at radius 3 is 1.34 bits per heavy atom. The lowest BCUT2D eigenvalue weighted by Crippen LogP contribution is -2.35. The van der Waals surface area contributed by atoms with Crippen LogP contribution in [0.4, 0.5) is 11.6 Å². The number of aromatic nitrogens is 2. The molecule has 12 heteroatoms. The van der Waals surface area contributed by atoms with E-state index in [0.717, 1.165) is 72.3 Å². The lowest BCUT2D eigenvalue weighted by molar-refractivity contribution is -0.125. The topological polar surface area (TPSA) is 128 Å². The summed E-state index contributed by atoms with van der Waals surface area (Å²) >= 11 is 0. The van der Waals surface area contributed by atoms with Crippen molar-refractivity contribution in [1.29, 1.82) is 0 Å². The first-order valence-electron chi connectivity index (χ1n) is 19.7. The summed E-state index contributed by atoms with van der Waals surface area (Å²) in [5.41, 5.74) is 7.99. The summed E-state index contributed by atoms with van der Waals surface area (Å²) in [6, 6.07) is 20.0. The van der Waals surface area contributed by atoms with Gasteiger partial charge in [-0.25, -0.2) is 0 Å². The molecule has 2 aromatic carbocycles. The van der Waals surface area contributed by atoms with E-state index >= 15 is 0 Å². The largest absolute Gasteiger partial charge is 0.497 e. The third-order valence-electron chi connectivity index (χ3n) is 12.5. The number of pyridine rings is 2. The first kappa shape index (κ1) is 37.3. The van der Waals surface area contributed by atoms with E-state index < -0.39 is 0 Å². The number of nitrogens with zero attached hydrogens (tertiary/aromatic N) is 6. The molecule has 0 radical (unpaired) electrons. The molecule has 2 atom stereocenters. The number of ether oxygens (including phenoxy) is 4. The van der Waals surface area contributed by atoms with E-state index in [2.05, 4.69) is 44.2 Å². The number of anilines is 2. The molecule has 2 unspecified atom stereocenters. The van der Waals surface area contributed by atoms with Crippen molar-refractivity contribution >= 4 is 47.0 Å². The molecule has 0 saturated carbocycles. The number of hydrogen-bond donors (Lipinski definition) is 0. The Morgan fingerprint density at radius 1 is 0.534 bits per heavy atom. The Balaban J connectivity index is 0.000000150. The molecule has 2 amide bonds. The number of fused-ring (bicyclic) bond motifs is 2. The van der Waals surface area contributed by atoms with Crippen LogP contribution in [0.15, 0.2) is 82.8 Å². The molecule has 2 spiro atoms. The first-order chi connectivity index (χ1) is 28.3. The second-order valence-electron chi connectivity index (χ2n) is 15.7. The number of carbonyl (C=O) groups excluding carboxylic acids is 2. The van der Waals surface area contributed by atoms with E-state index in [1.54, 1.807) is 28.4 Å². The summed E-state index contributed by atoms with van der Waals surface area (Å²) in [7, 11) is 6.56. The minimum absolute atomic E-state index is 0.150. The summed E-state index contributed by atoms with van der Waals surface area (Å²) in [5, 5.41) is 0. The molecule has 2 fully saturated rings. The van der Waals surface area contributed by atoms with Crippen LogP contribution in [0, 0.1) is 10.8 Å². The SMILES string of the molecule is COc1ccc2c(c1)CC1(CCN(c3ccc(C4=CCN=C4)c(OC)n3)C1=O)C2.COc1ccc2c(c1)CC1(CCN(c3ccc(C4=CCN=C4)c(OC)n3)C1=O)C2. The van der Waals surface area contributed by atoms with Gasteiger partial charge in [0.1, 0.15) is 23.1 Å². The quantitative estimate of drug-likeness (QED) is 0.208. The summed E-state index contributed by atoms with van der Waals surface area (Å²) in [6.45, 7) is 2.70. The molecule has 10 rings (SSSR count). The van der Waals surface area contributed by atoms with Crippen molar-refractivity contribution in [3.05, 3.63) is 106 Å². The normalized spacial score (nSPS) is 22.3. The molecule has 6 aliphatic rings. The van der Waals surface area contributed by atoms with Crippen molar-refractivity contribution in [2.75, 3.05) is 64.4 Å². The van der Waals surface area contributed by atoms with Gasteiger partial charge in [0.15, 0.2) is 0 Å². The standard InChI is InChI=1S/2C23H23N3O3/c2*1-28-18-4-3-15-12-23(13-17(15)11-18)8-10-26(22(23)27)20-6-5-19(21(25-20)29-2)16-7-9-24-14-16/h2*3-7,11,14H,8-10,12-13H2,1-2H3. The smallest absolute Gasteiger partial charge is 0.235 e. The number of carbonyl (C=O) groups is 2. The predicted octanol–water partition coefficient (Wildman–Crippen LogP) is 6.18. The highest BCUT2D eigenvalue weighted by Gasteiger charge is 2.52. The first-order valence-corrected chi connectivity index (χ1v) is 19.7. The van der Waals surface area contributed by atoms with Crippen LogP contribution < -0.4 is 28.7 Å². The van der Waals surface area contributed by atoms with Gasteiger partial charge in [-0.15, -0.1) is 0 Å². The highest BCUT2D eigenvalue weighted by Crippen LogP contribution is 2.48. The van der Waals surface area contributed by atoms with Crippen molar-refractivity contribution in [3.63, 3.8) is 0 Å². The lowest BCUT2D eigenvalue weighted by atomic mass is 9.83. The number of aliphatic imine (C=N–C) groups is 2. The molecule has 12 nitrogen and oxygen atoms in total. The fraction of sp³-hybridized carbons (Fsp3) is 0.348. The molecule has 0 N–H and O–H groups in total. The summed E-state index contributed by atoms with van der Waals surface area (Å²) in [4.78, 5) is 48.4. The molecule has 2 saturated heterocycles. The number of allylic oxidation sites excluding steroid dienone is 2. The van der Waals surface area contributed by atoms with E-state index in [9.17, 15) is 9.59 Å².